The van der Waals surface area contributed by atoms with Crippen molar-refractivity contribution in [1.29, 1.82) is 0 Å². The molecule has 18 heavy (non-hydrogen) atoms. The maximum Gasteiger partial charge on any atom is 0.0762 e. The van der Waals surface area contributed by atoms with Gasteiger partial charge in [-0.25, -0.2) is 0 Å². The normalized spacial score (nSPS) is 19.0. The average molecular weight is 269 g/mol. The molecule has 0 aliphatic carbocycles. The topological polar surface area (TPSA) is 26.7 Å². The Morgan fingerprint density at radius 1 is 1.28 bits per heavy atom. The van der Waals surface area contributed by atoms with Crippen molar-refractivity contribution in [2.45, 2.75) is 20.0 Å². The summed E-state index contributed by atoms with van der Waals surface area (Å²) in [5.74, 6) is 0. The molecule has 1 aromatic rings. The first-order valence-electron chi connectivity index (χ1n) is 6.56. The fourth-order valence-electron chi connectivity index (χ4n) is 2.34. The zero-order valence-electron chi connectivity index (χ0n) is 11.1. The number of hydrogen-bond donors (Lipinski definition) is 1. The molecule has 0 bridgehead atoms. The molecule has 1 aromatic carbocycles. The number of halogens is 1. The Labute approximate surface area is 114 Å². The van der Waals surface area contributed by atoms with Gasteiger partial charge in [-0.3, -0.25) is 0 Å². The number of anilines is 1. The van der Waals surface area contributed by atoms with E-state index in [0.717, 1.165) is 49.0 Å². The Balaban J connectivity index is 2.10. The number of likely N-dealkylation sites (N-methyl/N-ethyl adjacent to an activating group) is 1. The Bertz CT molecular complexity index is 401. The molecule has 1 fully saturated rings. The van der Waals surface area contributed by atoms with Crippen LogP contribution in [0.2, 0.25) is 5.02 Å². The van der Waals surface area contributed by atoms with E-state index in [9.17, 15) is 5.11 Å². The second-order valence-corrected chi connectivity index (χ2v) is 5.22. The lowest BCUT2D eigenvalue weighted by Gasteiger charge is -2.36. The summed E-state index contributed by atoms with van der Waals surface area (Å²) >= 11 is 6.31. The molecule has 1 N–H and O–H groups in total. The lowest BCUT2D eigenvalue weighted by molar-refractivity contribution is 0.199. The number of aliphatic hydroxyl groups is 1. The van der Waals surface area contributed by atoms with Gasteiger partial charge < -0.3 is 14.9 Å². The Kier molecular flexibility index (Phi) is 4.49. The third-order valence-electron chi connectivity index (χ3n) is 3.61. The van der Waals surface area contributed by atoms with E-state index in [1.807, 2.05) is 18.2 Å². The van der Waals surface area contributed by atoms with Gasteiger partial charge in [-0.1, -0.05) is 24.6 Å². The highest BCUT2D eigenvalue weighted by Crippen LogP contribution is 2.29. The molecule has 4 heteroatoms. The molecule has 0 spiro atoms. The van der Waals surface area contributed by atoms with Crippen LogP contribution < -0.4 is 4.90 Å². The summed E-state index contributed by atoms with van der Waals surface area (Å²) < 4.78 is 0. The van der Waals surface area contributed by atoms with Gasteiger partial charge in [0.1, 0.15) is 0 Å². The summed E-state index contributed by atoms with van der Waals surface area (Å²) in [6.07, 6.45) is -0.464. The molecule has 1 atom stereocenters. The fraction of sp³-hybridized carbons (Fsp3) is 0.571. The van der Waals surface area contributed by atoms with Crippen LogP contribution >= 0.6 is 11.6 Å². The first-order valence-corrected chi connectivity index (χ1v) is 6.94. The molecule has 0 aromatic heterocycles. The van der Waals surface area contributed by atoms with Crippen LogP contribution in [0.25, 0.3) is 0 Å². The Morgan fingerprint density at radius 2 is 1.94 bits per heavy atom. The number of aliphatic hydroxyl groups excluding tert-OH is 1. The average Bonchev–Trinajstić information content (AvgIpc) is 2.38. The van der Waals surface area contributed by atoms with Crippen molar-refractivity contribution in [3.05, 3.63) is 28.8 Å². The molecular formula is C14H21ClN2O. The zero-order chi connectivity index (χ0) is 13.1. The van der Waals surface area contributed by atoms with Gasteiger partial charge >= 0.3 is 0 Å². The smallest absolute Gasteiger partial charge is 0.0762 e. The van der Waals surface area contributed by atoms with Crippen molar-refractivity contribution in [3.8, 4) is 0 Å². The number of rotatable bonds is 3. The van der Waals surface area contributed by atoms with Crippen molar-refractivity contribution in [3.63, 3.8) is 0 Å². The lowest BCUT2D eigenvalue weighted by Crippen LogP contribution is -2.46. The highest BCUT2D eigenvalue weighted by Gasteiger charge is 2.18. The predicted molar refractivity (Wildman–Crippen MR) is 76.4 cm³/mol. The molecule has 1 heterocycles. The van der Waals surface area contributed by atoms with E-state index in [4.69, 9.17) is 11.6 Å². The van der Waals surface area contributed by atoms with Crippen molar-refractivity contribution < 1.29 is 5.11 Å². The number of nitrogens with zero attached hydrogens (tertiary/aromatic N) is 2. The van der Waals surface area contributed by atoms with Crippen molar-refractivity contribution in [1.82, 2.24) is 4.90 Å². The van der Waals surface area contributed by atoms with E-state index >= 15 is 0 Å². The summed E-state index contributed by atoms with van der Waals surface area (Å²) in [7, 11) is 0. The van der Waals surface area contributed by atoms with E-state index < -0.39 is 6.10 Å². The molecule has 0 amide bonds. The standard InChI is InChI=1S/C14H21ClN2O/c1-3-16-6-8-17(9-7-16)14-5-4-12(11(2)18)10-13(14)15/h4-5,10-11,18H,3,6-9H2,1-2H3/t11-/m0/s1. The predicted octanol–water partition coefficient (Wildman–Crippen LogP) is 2.54. The SMILES string of the molecule is CCN1CCN(c2ccc([C@H](C)O)cc2Cl)CC1. The van der Waals surface area contributed by atoms with Crippen LogP contribution in [0.15, 0.2) is 18.2 Å². The highest BCUT2D eigenvalue weighted by molar-refractivity contribution is 6.33. The van der Waals surface area contributed by atoms with E-state index in [2.05, 4.69) is 16.7 Å². The van der Waals surface area contributed by atoms with Gasteiger partial charge in [0, 0.05) is 26.2 Å². The second kappa shape index (κ2) is 5.91. The van der Waals surface area contributed by atoms with Crippen LogP contribution in [0.1, 0.15) is 25.5 Å². The maximum atomic E-state index is 9.54. The minimum Gasteiger partial charge on any atom is -0.389 e. The molecule has 0 saturated carbocycles. The summed E-state index contributed by atoms with van der Waals surface area (Å²) in [4.78, 5) is 4.76. The van der Waals surface area contributed by atoms with Crippen LogP contribution in [0.4, 0.5) is 5.69 Å². The Morgan fingerprint density at radius 3 is 2.44 bits per heavy atom. The van der Waals surface area contributed by atoms with Crippen LogP contribution in [0, 0.1) is 0 Å². The summed E-state index contributed by atoms with van der Waals surface area (Å²) in [5, 5.41) is 10.3. The monoisotopic (exact) mass is 268 g/mol. The molecule has 3 nitrogen and oxygen atoms in total. The molecule has 1 aliphatic heterocycles. The number of hydrogen-bond acceptors (Lipinski definition) is 3. The molecule has 100 valence electrons. The maximum absolute atomic E-state index is 9.54. The van der Waals surface area contributed by atoms with Crippen molar-refractivity contribution >= 4 is 17.3 Å². The number of benzene rings is 1. The van der Waals surface area contributed by atoms with Gasteiger partial charge in [0.05, 0.1) is 16.8 Å². The van der Waals surface area contributed by atoms with Crippen LogP contribution in [0.5, 0.6) is 0 Å². The lowest BCUT2D eigenvalue weighted by atomic mass is 10.1. The first kappa shape index (κ1) is 13.7. The van der Waals surface area contributed by atoms with Crippen LogP contribution in [-0.4, -0.2) is 42.7 Å². The molecular weight excluding hydrogens is 248 g/mol. The molecule has 2 rings (SSSR count). The van der Waals surface area contributed by atoms with E-state index in [-0.39, 0.29) is 0 Å². The largest absolute Gasteiger partial charge is 0.389 e. The highest BCUT2D eigenvalue weighted by atomic mass is 35.5. The molecule has 1 saturated heterocycles. The third-order valence-corrected chi connectivity index (χ3v) is 3.92. The second-order valence-electron chi connectivity index (χ2n) is 4.81. The van der Waals surface area contributed by atoms with E-state index in [1.165, 1.54) is 0 Å². The minimum absolute atomic E-state index is 0.464. The van der Waals surface area contributed by atoms with Gasteiger partial charge in [-0.15, -0.1) is 0 Å². The summed E-state index contributed by atoms with van der Waals surface area (Å²) in [5.41, 5.74) is 1.95. The minimum atomic E-state index is -0.464. The van der Waals surface area contributed by atoms with Crippen molar-refractivity contribution in [2.75, 3.05) is 37.6 Å². The quantitative estimate of drug-likeness (QED) is 0.913. The van der Waals surface area contributed by atoms with Gasteiger partial charge in [0.25, 0.3) is 0 Å². The van der Waals surface area contributed by atoms with Gasteiger partial charge in [0.2, 0.25) is 0 Å². The van der Waals surface area contributed by atoms with E-state index in [0.29, 0.717) is 0 Å². The molecule has 0 unspecified atom stereocenters. The molecule has 1 aliphatic rings. The fourth-order valence-corrected chi connectivity index (χ4v) is 2.65. The van der Waals surface area contributed by atoms with Gasteiger partial charge in [-0.2, -0.15) is 0 Å². The Hall–Kier alpha value is -0.770. The third kappa shape index (κ3) is 2.97. The zero-order valence-corrected chi connectivity index (χ0v) is 11.8. The van der Waals surface area contributed by atoms with Crippen molar-refractivity contribution in [2.24, 2.45) is 0 Å². The first-order chi connectivity index (χ1) is 8.61. The molecule has 0 radical (unpaired) electrons. The van der Waals surface area contributed by atoms with Crippen LogP contribution in [0.3, 0.4) is 0 Å². The van der Waals surface area contributed by atoms with Gasteiger partial charge in [0.15, 0.2) is 0 Å². The number of piperazine rings is 1. The summed E-state index contributed by atoms with van der Waals surface area (Å²) in [6.45, 7) is 9.27. The van der Waals surface area contributed by atoms with Crippen LogP contribution in [-0.2, 0) is 0 Å². The summed E-state index contributed by atoms with van der Waals surface area (Å²) in [6, 6.07) is 5.85. The van der Waals surface area contributed by atoms with Gasteiger partial charge in [-0.05, 0) is 31.2 Å². The van der Waals surface area contributed by atoms with E-state index in [1.54, 1.807) is 6.92 Å².